The molecule has 0 radical (unpaired) electrons. The number of aliphatic hydroxyl groups is 1. The van der Waals surface area contributed by atoms with Crippen LogP contribution in [0.3, 0.4) is 0 Å². The van der Waals surface area contributed by atoms with Gasteiger partial charge in [-0.2, -0.15) is 0 Å². The van der Waals surface area contributed by atoms with Crippen LogP contribution in [0.2, 0.25) is 0 Å². The fraction of sp³-hybridized carbons (Fsp3) is 0.956. The van der Waals surface area contributed by atoms with E-state index < -0.39 is 97.5 Å². The van der Waals surface area contributed by atoms with Crippen LogP contribution >= 0.6 is 15.6 Å². The second-order valence-electron chi connectivity index (χ2n) is 34.0. The molecule has 0 aromatic carbocycles. The molecule has 0 aromatic rings. The van der Waals surface area contributed by atoms with Gasteiger partial charge in [0.15, 0.2) is 12.2 Å². The molecule has 0 aliphatic carbocycles. The zero-order valence-electron chi connectivity index (χ0n) is 72.2. The Bertz CT molecular complexity index is 2110. The summed E-state index contributed by atoms with van der Waals surface area (Å²) in [4.78, 5) is 73.4. The van der Waals surface area contributed by atoms with Crippen molar-refractivity contribution in [1.29, 1.82) is 0 Å². The Labute approximate surface area is 670 Å². The van der Waals surface area contributed by atoms with Crippen LogP contribution in [0, 0.1) is 23.7 Å². The summed E-state index contributed by atoms with van der Waals surface area (Å²) in [5, 5.41) is 10.7. The van der Waals surface area contributed by atoms with Gasteiger partial charge in [0.05, 0.1) is 26.4 Å². The molecule has 17 nitrogen and oxygen atoms in total. The highest BCUT2D eigenvalue weighted by atomic mass is 31.2. The van der Waals surface area contributed by atoms with E-state index in [0.717, 1.165) is 114 Å². The van der Waals surface area contributed by atoms with Crippen LogP contribution in [0.4, 0.5) is 0 Å². The van der Waals surface area contributed by atoms with Gasteiger partial charge < -0.3 is 33.8 Å². The van der Waals surface area contributed by atoms with E-state index in [1.54, 1.807) is 0 Å². The van der Waals surface area contributed by atoms with E-state index in [4.69, 9.17) is 37.0 Å². The van der Waals surface area contributed by atoms with Crippen molar-refractivity contribution in [1.82, 2.24) is 0 Å². The van der Waals surface area contributed by atoms with Crippen LogP contribution in [0.25, 0.3) is 0 Å². The molecule has 0 saturated carbocycles. The summed E-state index contributed by atoms with van der Waals surface area (Å²) in [6, 6.07) is 0. The number of unbranched alkanes of at least 4 members (excludes halogenated alkanes) is 52. The molecule has 0 amide bonds. The molecule has 0 fully saturated rings. The van der Waals surface area contributed by atoms with Gasteiger partial charge >= 0.3 is 39.5 Å². The van der Waals surface area contributed by atoms with Gasteiger partial charge in [-0.05, 0) is 49.4 Å². The molecular weight excluding hydrogens is 1410 g/mol. The Morgan fingerprint density at radius 1 is 0.257 bits per heavy atom. The number of hydrogen-bond acceptors (Lipinski definition) is 15. The largest absolute Gasteiger partial charge is 0.472 e. The average Bonchev–Trinajstić information content (AvgIpc) is 0.914. The van der Waals surface area contributed by atoms with Crippen molar-refractivity contribution >= 4 is 39.5 Å². The van der Waals surface area contributed by atoms with Crippen LogP contribution in [-0.4, -0.2) is 96.7 Å². The summed E-state index contributed by atoms with van der Waals surface area (Å²) < 4.78 is 69.1. The summed E-state index contributed by atoms with van der Waals surface area (Å²) in [7, 11) is -9.94. The molecule has 0 saturated heterocycles. The molecule has 6 atom stereocenters. The number of carbonyl (C=O) groups is 4. The molecule has 0 spiro atoms. The highest BCUT2D eigenvalue weighted by Crippen LogP contribution is 2.45. The van der Waals surface area contributed by atoms with Gasteiger partial charge in [0, 0.05) is 25.7 Å². The lowest BCUT2D eigenvalue weighted by Crippen LogP contribution is -2.30. The second kappa shape index (κ2) is 78.6. The first kappa shape index (κ1) is 107. The summed E-state index contributed by atoms with van der Waals surface area (Å²) in [6.07, 6.45) is 69.4. The summed E-state index contributed by atoms with van der Waals surface area (Å²) >= 11 is 0. The second-order valence-corrected chi connectivity index (χ2v) is 36.9. The van der Waals surface area contributed by atoms with Gasteiger partial charge in [-0.15, -0.1) is 0 Å². The highest BCUT2D eigenvalue weighted by molar-refractivity contribution is 7.47. The van der Waals surface area contributed by atoms with E-state index in [0.29, 0.717) is 25.7 Å². The molecule has 0 aliphatic heterocycles. The zero-order valence-corrected chi connectivity index (χ0v) is 74.0. The third kappa shape index (κ3) is 82.4. The van der Waals surface area contributed by atoms with Crippen LogP contribution in [0.15, 0.2) is 0 Å². The molecule has 109 heavy (non-hydrogen) atoms. The SMILES string of the molecule is CCC(C)CCCCCCCCCCCCCCCCC(=O)O[C@H](COC(=O)CCCCCCCCCCCC(C)C)COP(=O)(O)OC[C@H](O)COP(=O)(O)OC[C@@H](COC(=O)CCCCCCCCCCCCCCCCCC(C)C)OC(=O)CCCCCCCCCCCCCCCCCCCCC(C)C. The molecule has 0 bridgehead atoms. The number of phosphoric acid groups is 2. The Morgan fingerprint density at radius 3 is 0.651 bits per heavy atom. The maximum Gasteiger partial charge on any atom is 0.472 e. The quantitative estimate of drug-likeness (QED) is 0.0222. The van der Waals surface area contributed by atoms with Gasteiger partial charge in [0.25, 0.3) is 0 Å². The van der Waals surface area contributed by atoms with E-state index in [9.17, 15) is 43.2 Å². The van der Waals surface area contributed by atoms with Crippen LogP contribution in [0.1, 0.15) is 473 Å². The van der Waals surface area contributed by atoms with E-state index in [1.807, 2.05) is 0 Å². The Morgan fingerprint density at radius 2 is 0.440 bits per heavy atom. The number of phosphoric ester groups is 2. The Kier molecular flexibility index (Phi) is 77.2. The number of esters is 4. The van der Waals surface area contributed by atoms with Crippen LogP contribution in [-0.2, 0) is 65.4 Å². The standard InChI is InChI=1S/C90H176O17P2/c1-9-83(8)69-61-53-45-37-29-23-19-20-26-32-40-49-57-65-73-90(95)107-86(77-101-88(93)71-63-55-47-41-33-36-44-52-60-68-82(6)7)79-105-109(98,99)103-75-84(91)74-102-108(96,97)104-78-85(76-100-87(92)70-62-54-46-38-30-24-18-14-16-22-28-35-43-51-59-67-81(4)5)106-89(94)72-64-56-48-39-31-25-17-13-11-10-12-15-21-27-34-42-50-58-66-80(2)3/h80-86,91H,9-79H2,1-8H3,(H,96,97)(H,98,99)/t83?,84-,85-,86-/m1/s1. The van der Waals surface area contributed by atoms with E-state index in [1.165, 1.54) is 276 Å². The molecule has 0 heterocycles. The number of rotatable bonds is 87. The first-order valence-electron chi connectivity index (χ1n) is 46.2. The molecule has 3 unspecified atom stereocenters. The normalized spacial score (nSPS) is 14.1. The van der Waals surface area contributed by atoms with E-state index in [2.05, 4.69) is 55.4 Å². The van der Waals surface area contributed by atoms with E-state index >= 15 is 0 Å². The van der Waals surface area contributed by atoms with Crippen molar-refractivity contribution in [3.63, 3.8) is 0 Å². The monoisotopic (exact) mass is 1590 g/mol. The Balaban J connectivity index is 5.26. The van der Waals surface area contributed by atoms with Gasteiger partial charge in [-0.1, -0.05) is 421 Å². The van der Waals surface area contributed by atoms with Crippen molar-refractivity contribution in [2.24, 2.45) is 23.7 Å². The van der Waals surface area contributed by atoms with Crippen molar-refractivity contribution < 1.29 is 80.2 Å². The molecular formula is C90H176O17P2. The zero-order chi connectivity index (χ0) is 80.2. The lowest BCUT2D eigenvalue weighted by Gasteiger charge is -2.21. The van der Waals surface area contributed by atoms with E-state index in [-0.39, 0.29) is 25.7 Å². The first-order chi connectivity index (χ1) is 52.6. The van der Waals surface area contributed by atoms with Crippen molar-refractivity contribution in [2.45, 2.75) is 491 Å². The number of ether oxygens (including phenoxy) is 4. The van der Waals surface area contributed by atoms with Gasteiger partial charge in [-0.25, -0.2) is 9.13 Å². The molecule has 3 N–H and O–H groups in total. The predicted octanol–water partition coefficient (Wildman–Crippen LogP) is 27.5. The minimum Gasteiger partial charge on any atom is -0.462 e. The first-order valence-corrected chi connectivity index (χ1v) is 49.2. The summed E-state index contributed by atoms with van der Waals surface area (Å²) in [5.41, 5.74) is 0. The third-order valence-electron chi connectivity index (χ3n) is 21.4. The van der Waals surface area contributed by atoms with Gasteiger partial charge in [0.1, 0.15) is 19.3 Å². The highest BCUT2D eigenvalue weighted by Gasteiger charge is 2.31. The number of aliphatic hydroxyl groups excluding tert-OH is 1. The molecule has 19 heteroatoms. The van der Waals surface area contributed by atoms with Crippen molar-refractivity contribution in [3.05, 3.63) is 0 Å². The molecule has 0 aliphatic rings. The average molecular weight is 1590 g/mol. The fourth-order valence-corrected chi connectivity index (χ4v) is 15.6. The molecule has 648 valence electrons. The predicted molar refractivity (Wildman–Crippen MR) is 451 cm³/mol. The summed E-state index contributed by atoms with van der Waals surface area (Å²) in [5.74, 6) is 1.11. The lowest BCUT2D eigenvalue weighted by molar-refractivity contribution is -0.161. The minimum atomic E-state index is -4.97. The van der Waals surface area contributed by atoms with Crippen LogP contribution < -0.4 is 0 Å². The summed E-state index contributed by atoms with van der Waals surface area (Å²) in [6.45, 7) is 14.4. The minimum absolute atomic E-state index is 0.107. The fourth-order valence-electron chi connectivity index (χ4n) is 14.0. The smallest absolute Gasteiger partial charge is 0.462 e. The van der Waals surface area contributed by atoms with Crippen molar-refractivity contribution in [2.75, 3.05) is 39.6 Å². The van der Waals surface area contributed by atoms with Gasteiger partial charge in [0.2, 0.25) is 0 Å². The lowest BCUT2D eigenvalue weighted by atomic mass is 9.99. The van der Waals surface area contributed by atoms with Crippen LogP contribution in [0.5, 0.6) is 0 Å². The third-order valence-corrected chi connectivity index (χ3v) is 23.3. The topological polar surface area (TPSA) is 237 Å². The Hall–Kier alpha value is -1.94. The van der Waals surface area contributed by atoms with Gasteiger partial charge in [-0.3, -0.25) is 37.3 Å². The maximum atomic E-state index is 13.2. The maximum absolute atomic E-state index is 13.2. The number of carbonyl (C=O) groups excluding carboxylic acids is 4. The number of hydrogen-bond donors (Lipinski definition) is 3. The van der Waals surface area contributed by atoms with Crippen molar-refractivity contribution in [3.8, 4) is 0 Å². The molecule has 0 aromatic heterocycles. The molecule has 0 rings (SSSR count).